The fourth-order valence-corrected chi connectivity index (χ4v) is 3.59. The van der Waals surface area contributed by atoms with Crippen LogP contribution in [-0.4, -0.2) is 46.6 Å². The Morgan fingerprint density at radius 1 is 1.31 bits per heavy atom. The quantitative estimate of drug-likeness (QED) is 0.351. The topological polar surface area (TPSA) is 61.8 Å². The van der Waals surface area contributed by atoms with Gasteiger partial charge >= 0.3 is 11.9 Å². The molecule has 6 atom stereocenters. The Hall–Kier alpha value is -1.03. The second-order valence-electron chi connectivity index (χ2n) is 6.23. The van der Waals surface area contributed by atoms with Crippen molar-refractivity contribution in [3.8, 4) is 12.3 Å². The van der Waals surface area contributed by atoms with Crippen molar-refractivity contribution in [2.45, 2.75) is 81.1 Å². The van der Waals surface area contributed by atoms with Crippen molar-refractivity contribution in [2.24, 2.45) is 0 Å². The molecule has 0 aromatic rings. The summed E-state index contributed by atoms with van der Waals surface area (Å²) in [5.41, 5.74) is 0. The Labute approximate surface area is 168 Å². The van der Waals surface area contributed by atoms with Crippen molar-refractivity contribution in [1.29, 1.82) is 0 Å². The highest BCUT2D eigenvalue weighted by atomic mass is 79.9. The molecule has 0 spiro atoms. The fraction of sp³-hybridized carbons (Fsp3) is 0.684. The Balaban J connectivity index is 3.12. The predicted molar refractivity (Wildman–Crippen MR) is 104 cm³/mol. The molecule has 0 saturated carbocycles. The number of allylic oxidation sites excluding steroid dienone is 1. The average Bonchev–Trinajstić information content (AvgIpc) is 2.56. The number of halogens is 2. The Bertz CT molecular complexity index is 545. The van der Waals surface area contributed by atoms with Gasteiger partial charge in [-0.15, -0.1) is 18.0 Å². The van der Waals surface area contributed by atoms with E-state index < -0.39 is 29.5 Å². The Kier molecular flexibility index (Phi) is 10.3. The maximum Gasteiger partial charge on any atom is 0.302 e. The molecule has 0 aromatic heterocycles. The Morgan fingerprint density at radius 3 is 2.46 bits per heavy atom. The largest absolute Gasteiger partial charge is 0.461 e. The summed E-state index contributed by atoms with van der Waals surface area (Å²) in [7, 11) is 0. The molecule has 1 saturated heterocycles. The molecule has 1 fully saturated rings. The summed E-state index contributed by atoms with van der Waals surface area (Å²) in [4.78, 5) is 23.1. The van der Waals surface area contributed by atoms with Crippen LogP contribution in [0.3, 0.4) is 0 Å². The van der Waals surface area contributed by atoms with E-state index in [0.717, 1.165) is 6.42 Å². The van der Waals surface area contributed by atoms with Gasteiger partial charge in [-0.3, -0.25) is 9.59 Å². The van der Waals surface area contributed by atoms with Gasteiger partial charge in [-0.05, 0) is 18.9 Å². The van der Waals surface area contributed by atoms with Crippen LogP contribution in [0.2, 0.25) is 0 Å². The molecular weight excluding hydrogens is 424 g/mol. The lowest BCUT2D eigenvalue weighted by atomic mass is 9.95. The summed E-state index contributed by atoms with van der Waals surface area (Å²) in [6.07, 6.45) is 9.01. The first-order valence-corrected chi connectivity index (χ1v) is 10.0. The lowest BCUT2D eigenvalue weighted by Crippen LogP contribution is -2.47. The van der Waals surface area contributed by atoms with E-state index >= 15 is 0 Å². The fourth-order valence-electron chi connectivity index (χ4n) is 2.92. The van der Waals surface area contributed by atoms with Crippen LogP contribution in [0.4, 0.5) is 0 Å². The van der Waals surface area contributed by atoms with Crippen LogP contribution in [0.25, 0.3) is 0 Å². The SMILES string of the molecule is C#C/C=C\C[C@@H]1OC([C@H](Br)CC)CC(OC(C)=O)[C@@H](Cl)C[C@H]1OC(C)=O. The standard InChI is InChI=1S/C19H26BrClO5/c1-5-7-8-9-16-19(25-13(4)23)10-15(21)18(24-12(3)22)11-17(26-16)14(20)6-2/h1,7-8,14-19H,6,9-11H2,2-4H3/b8-7-/t14-,15+,16+,17?,18?,19-/m1/s1. The summed E-state index contributed by atoms with van der Waals surface area (Å²) in [5, 5.41) is -0.495. The van der Waals surface area contributed by atoms with Gasteiger partial charge < -0.3 is 14.2 Å². The maximum atomic E-state index is 11.6. The van der Waals surface area contributed by atoms with Gasteiger partial charge in [0.1, 0.15) is 12.2 Å². The highest BCUT2D eigenvalue weighted by Gasteiger charge is 2.39. The average molecular weight is 450 g/mol. The second-order valence-corrected chi connectivity index (χ2v) is 7.96. The number of hydrogen-bond acceptors (Lipinski definition) is 5. The molecular formula is C19H26BrClO5. The van der Waals surface area contributed by atoms with Crippen molar-refractivity contribution in [2.75, 3.05) is 0 Å². The van der Waals surface area contributed by atoms with E-state index in [0.29, 0.717) is 19.3 Å². The zero-order valence-corrected chi connectivity index (χ0v) is 17.7. The van der Waals surface area contributed by atoms with Crippen molar-refractivity contribution < 1.29 is 23.8 Å². The minimum atomic E-state index is -0.560. The minimum Gasteiger partial charge on any atom is -0.461 e. The number of hydrogen-bond donors (Lipinski definition) is 0. The first-order chi connectivity index (χ1) is 12.3. The van der Waals surface area contributed by atoms with E-state index in [1.54, 1.807) is 6.08 Å². The molecule has 26 heavy (non-hydrogen) atoms. The summed E-state index contributed by atoms with van der Waals surface area (Å²) in [5.74, 6) is 1.62. The van der Waals surface area contributed by atoms with Crippen LogP contribution in [0, 0.1) is 12.3 Å². The molecule has 1 aliphatic rings. The zero-order chi connectivity index (χ0) is 19.7. The van der Waals surface area contributed by atoms with E-state index in [9.17, 15) is 9.59 Å². The van der Waals surface area contributed by atoms with Crippen molar-refractivity contribution in [3.63, 3.8) is 0 Å². The third kappa shape index (κ3) is 7.69. The maximum absolute atomic E-state index is 11.6. The number of terminal acetylenes is 1. The van der Waals surface area contributed by atoms with Crippen LogP contribution in [0.5, 0.6) is 0 Å². The normalized spacial score (nSPS) is 30.7. The van der Waals surface area contributed by atoms with Crippen molar-refractivity contribution >= 4 is 39.5 Å². The number of carbonyl (C=O) groups is 2. The van der Waals surface area contributed by atoms with Gasteiger partial charge in [0, 0.05) is 31.5 Å². The third-order valence-corrected chi connectivity index (χ3v) is 5.80. The van der Waals surface area contributed by atoms with Gasteiger partial charge in [-0.1, -0.05) is 34.9 Å². The second kappa shape index (κ2) is 11.6. The van der Waals surface area contributed by atoms with E-state index in [1.807, 2.05) is 13.0 Å². The van der Waals surface area contributed by atoms with Gasteiger partial charge in [-0.25, -0.2) is 0 Å². The van der Waals surface area contributed by atoms with E-state index in [4.69, 9.17) is 32.2 Å². The molecule has 0 amide bonds. The van der Waals surface area contributed by atoms with Gasteiger partial charge in [0.2, 0.25) is 0 Å². The number of ether oxygens (including phenoxy) is 3. The zero-order valence-electron chi connectivity index (χ0n) is 15.3. The molecule has 1 heterocycles. The molecule has 7 heteroatoms. The highest BCUT2D eigenvalue weighted by molar-refractivity contribution is 9.09. The molecule has 0 aliphatic carbocycles. The van der Waals surface area contributed by atoms with E-state index in [1.165, 1.54) is 13.8 Å². The summed E-state index contributed by atoms with van der Waals surface area (Å²) in [6, 6.07) is 0. The van der Waals surface area contributed by atoms with Gasteiger partial charge in [0.05, 0.1) is 17.6 Å². The van der Waals surface area contributed by atoms with Crippen molar-refractivity contribution in [3.05, 3.63) is 12.2 Å². The van der Waals surface area contributed by atoms with Crippen LogP contribution >= 0.6 is 27.5 Å². The molecule has 2 unspecified atom stereocenters. The first-order valence-electron chi connectivity index (χ1n) is 8.67. The molecule has 0 N–H and O–H groups in total. The highest BCUT2D eigenvalue weighted by Crippen LogP contribution is 2.32. The molecule has 0 radical (unpaired) electrons. The van der Waals surface area contributed by atoms with E-state index in [-0.39, 0.29) is 17.0 Å². The number of carbonyl (C=O) groups excluding carboxylic acids is 2. The molecule has 5 nitrogen and oxygen atoms in total. The lowest BCUT2D eigenvalue weighted by Gasteiger charge is -2.38. The first kappa shape index (κ1) is 23.0. The van der Waals surface area contributed by atoms with Crippen LogP contribution in [0.15, 0.2) is 12.2 Å². The van der Waals surface area contributed by atoms with Crippen LogP contribution in [-0.2, 0) is 23.8 Å². The molecule has 1 aliphatic heterocycles. The van der Waals surface area contributed by atoms with Crippen molar-refractivity contribution in [1.82, 2.24) is 0 Å². The third-order valence-electron chi connectivity index (χ3n) is 4.10. The Morgan fingerprint density at radius 2 is 1.92 bits per heavy atom. The minimum absolute atomic E-state index is 0.0413. The number of esters is 2. The van der Waals surface area contributed by atoms with E-state index in [2.05, 4.69) is 21.9 Å². The molecule has 1 rings (SSSR count). The van der Waals surface area contributed by atoms with Crippen LogP contribution in [0.1, 0.15) is 46.5 Å². The number of alkyl halides is 2. The van der Waals surface area contributed by atoms with Crippen LogP contribution < -0.4 is 0 Å². The molecule has 146 valence electrons. The number of rotatable bonds is 6. The van der Waals surface area contributed by atoms with Gasteiger partial charge in [-0.2, -0.15) is 0 Å². The lowest BCUT2D eigenvalue weighted by molar-refractivity contribution is -0.169. The monoisotopic (exact) mass is 448 g/mol. The summed E-state index contributed by atoms with van der Waals surface area (Å²) < 4.78 is 17.1. The predicted octanol–water partition coefficient (Wildman–Crippen LogP) is 3.76. The van der Waals surface area contributed by atoms with Gasteiger partial charge in [0.15, 0.2) is 0 Å². The smallest absolute Gasteiger partial charge is 0.302 e. The van der Waals surface area contributed by atoms with Gasteiger partial charge in [0.25, 0.3) is 0 Å². The molecule has 0 aromatic carbocycles. The summed E-state index contributed by atoms with van der Waals surface area (Å²) >= 11 is 10.2. The summed E-state index contributed by atoms with van der Waals surface area (Å²) in [6.45, 7) is 4.72. The molecule has 0 bridgehead atoms.